The number of rotatable bonds is 5. The molecule has 0 saturated carbocycles. The van der Waals surface area contributed by atoms with E-state index in [0.717, 1.165) is 23.5 Å². The second-order valence-electron chi connectivity index (χ2n) is 3.82. The van der Waals surface area contributed by atoms with Gasteiger partial charge in [0.25, 0.3) is 5.69 Å². The number of anilines is 1. The van der Waals surface area contributed by atoms with Crippen molar-refractivity contribution in [2.75, 3.05) is 5.32 Å². The van der Waals surface area contributed by atoms with Gasteiger partial charge in [-0.25, -0.2) is 4.79 Å². The van der Waals surface area contributed by atoms with Gasteiger partial charge in [-0.15, -0.1) is 0 Å². The Kier molecular flexibility index (Phi) is 3.80. The van der Waals surface area contributed by atoms with Crippen LogP contribution >= 0.6 is 11.3 Å². The van der Waals surface area contributed by atoms with Crippen LogP contribution < -0.4 is 10.2 Å². The van der Waals surface area contributed by atoms with E-state index in [0.29, 0.717) is 5.69 Å². The van der Waals surface area contributed by atoms with E-state index in [1.54, 1.807) is 5.38 Å². The molecule has 2 aromatic rings. The van der Waals surface area contributed by atoms with Gasteiger partial charge in [0.1, 0.15) is 0 Å². The number of carboxylic acids is 1. The quantitative estimate of drug-likeness (QED) is 0.569. The first kappa shape index (κ1) is 13.7. The topological polar surface area (TPSA) is 125 Å². The summed E-state index contributed by atoms with van der Waals surface area (Å²) in [6, 6.07) is 3.44. The number of carbonyl (C=O) groups is 1. The molecule has 0 saturated heterocycles. The standard InChI is InChI=1S/C11H9N3O5S/c15-10(16)8-2-1-7(14(18)19)3-9(8)12-4-6-5-20-11(17)13-6/h1-3,5,12H,4H2,(H,13,17)(H,15,16). The van der Waals surface area contributed by atoms with Crippen molar-refractivity contribution in [3.8, 4) is 0 Å². The molecule has 104 valence electrons. The average Bonchev–Trinajstić information content (AvgIpc) is 2.81. The molecule has 0 amide bonds. The Hall–Kier alpha value is -2.68. The zero-order valence-electron chi connectivity index (χ0n) is 9.95. The number of aromatic nitrogens is 1. The molecule has 0 aliphatic carbocycles. The fraction of sp³-hybridized carbons (Fsp3) is 0.0909. The largest absolute Gasteiger partial charge is 0.478 e. The van der Waals surface area contributed by atoms with Gasteiger partial charge in [-0.05, 0) is 6.07 Å². The third kappa shape index (κ3) is 3.01. The fourth-order valence-electron chi connectivity index (χ4n) is 1.57. The molecule has 0 spiro atoms. The van der Waals surface area contributed by atoms with Crippen LogP contribution in [-0.4, -0.2) is 21.0 Å². The van der Waals surface area contributed by atoms with Crippen LogP contribution in [0.2, 0.25) is 0 Å². The third-order valence-corrected chi connectivity index (χ3v) is 3.20. The second kappa shape index (κ2) is 5.53. The molecule has 20 heavy (non-hydrogen) atoms. The second-order valence-corrected chi connectivity index (χ2v) is 4.66. The van der Waals surface area contributed by atoms with Crippen LogP contribution in [0.25, 0.3) is 0 Å². The van der Waals surface area contributed by atoms with E-state index >= 15 is 0 Å². The van der Waals surface area contributed by atoms with E-state index < -0.39 is 10.9 Å². The highest BCUT2D eigenvalue weighted by molar-refractivity contribution is 7.07. The van der Waals surface area contributed by atoms with E-state index in [4.69, 9.17) is 5.11 Å². The molecule has 0 unspecified atom stereocenters. The normalized spacial score (nSPS) is 10.2. The molecular formula is C11H9N3O5S. The molecule has 0 aliphatic heterocycles. The number of carboxylic acid groups (broad SMARTS) is 1. The molecule has 9 heteroatoms. The maximum Gasteiger partial charge on any atom is 0.337 e. The van der Waals surface area contributed by atoms with Gasteiger partial charge in [-0.3, -0.25) is 14.9 Å². The van der Waals surface area contributed by atoms with Crippen molar-refractivity contribution in [2.24, 2.45) is 0 Å². The predicted octanol–water partition coefficient (Wildman–Crippen LogP) is 1.65. The Balaban J connectivity index is 2.27. The van der Waals surface area contributed by atoms with Gasteiger partial charge in [0.2, 0.25) is 0 Å². The number of nitrogens with zero attached hydrogens (tertiary/aromatic N) is 1. The highest BCUT2D eigenvalue weighted by Crippen LogP contribution is 2.23. The third-order valence-electron chi connectivity index (χ3n) is 2.48. The highest BCUT2D eigenvalue weighted by Gasteiger charge is 2.15. The molecule has 0 atom stereocenters. The number of nitro benzene ring substituents is 1. The van der Waals surface area contributed by atoms with Gasteiger partial charge >= 0.3 is 10.8 Å². The van der Waals surface area contributed by atoms with E-state index in [1.165, 1.54) is 6.07 Å². The number of aromatic carboxylic acids is 1. The van der Waals surface area contributed by atoms with Crippen LogP contribution in [0.15, 0.2) is 28.4 Å². The summed E-state index contributed by atoms with van der Waals surface area (Å²) in [6.45, 7) is 0.167. The van der Waals surface area contributed by atoms with Gasteiger partial charge < -0.3 is 15.4 Å². The SMILES string of the molecule is O=C(O)c1ccc([N+](=O)[O-])cc1NCc1csc(=O)[nH]1. The summed E-state index contributed by atoms with van der Waals surface area (Å²) in [6.07, 6.45) is 0. The number of hydrogen-bond acceptors (Lipinski definition) is 6. The van der Waals surface area contributed by atoms with Crippen LogP contribution in [0, 0.1) is 10.1 Å². The molecule has 0 radical (unpaired) electrons. The molecule has 3 N–H and O–H groups in total. The summed E-state index contributed by atoms with van der Waals surface area (Å²) < 4.78 is 0. The number of aromatic amines is 1. The smallest absolute Gasteiger partial charge is 0.337 e. The van der Waals surface area contributed by atoms with E-state index in [2.05, 4.69) is 10.3 Å². The summed E-state index contributed by atoms with van der Waals surface area (Å²) >= 11 is 0.982. The van der Waals surface area contributed by atoms with Crippen molar-refractivity contribution in [1.29, 1.82) is 0 Å². The lowest BCUT2D eigenvalue weighted by molar-refractivity contribution is -0.384. The Bertz CT molecular complexity index is 721. The average molecular weight is 295 g/mol. The number of H-pyrrole nitrogens is 1. The minimum Gasteiger partial charge on any atom is -0.478 e. The molecule has 0 bridgehead atoms. The zero-order valence-corrected chi connectivity index (χ0v) is 10.8. The lowest BCUT2D eigenvalue weighted by atomic mass is 10.1. The van der Waals surface area contributed by atoms with E-state index in [9.17, 15) is 19.7 Å². The lowest BCUT2D eigenvalue weighted by Crippen LogP contribution is -2.08. The van der Waals surface area contributed by atoms with Gasteiger partial charge in [0.15, 0.2) is 0 Å². The van der Waals surface area contributed by atoms with Crippen LogP contribution in [-0.2, 0) is 6.54 Å². The Morgan fingerprint density at radius 3 is 2.80 bits per heavy atom. The first-order valence-corrected chi connectivity index (χ1v) is 6.27. The van der Waals surface area contributed by atoms with Crippen molar-refractivity contribution in [3.05, 3.63) is 54.6 Å². The molecule has 2 rings (SSSR count). The van der Waals surface area contributed by atoms with Crippen LogP contribution in [0.3, 0.4) is 0 Å². The van der Waals surface area contributed by atoms with E-state index in [1.807, 2.05) is 0 Å². The molecular weight excluding hydrogens is 286 g/mol. The van der Waals surface area contributed by atoms with Crippen molar-refractivity contribution >= 4 is 28.7 Å². The number of nitrogens with one attached hydrogen (secondary N) is 2. The summed E-state index contributed by atoms with van der Waals surface area (Å²) in [5.74, 6) is -1.19. The molecule has 0 fully saturated rings. The molecule has 0 aliphatic rings. The monoisotopic (exact) mass is 295 g/mol. The Morgan fingerprint density at radius 1 is 1.50 bits per heavy atom. The maximum absolute atomic E-state index is 11.1. The molecule has 1 aromatic carbocycles. The van der Waals surface area contributed by atoms with Crippen molar-refractivity contribution in [3.63, 3.8) is 0 Å². The first-order valence-electron chi connectivity index (χ1n) is 5.39. The number of thiazole rings is 1. The summed E-state index contributed by atoms with van der Waals surface area (Å²) in [4.78, 5) is 34.4. The van der Waals surface area contributed by atoms with Gasteiger partial charge in [-0.2, -0.15) is 0 Å². The maximum atomic E-state index is 11.1. The van der Waals surface area contributed by atoms with Crippen LogP contribution in [0.5, 0.6) is 0 Å². The minimum atomic E-state index is -1.19. The summed E-state index contributed by atoms with van der Waals surface area (Å²) in [7, 11) is 0. The molecule has 1 heterocycles. The highest BCUT2D eigenvalue weighted by atomic mass is 32.1. The predicted molar refractivity (Wildman–Crippen MR) is 72.3 cm³/mol. The van der Waals surface area contributed by atoms with Gasteiger partial charge in [0, 0.05) is 23.2 Å². The number of non-ortho nitro benzene ring substituents is 1. The minimum absolute atomic E-state index is 0.0758. The Morgan fingerprint density at radius 2 is 2.25 bits per heavy atom. The summed E-state index contributed by atoms with van der Waals surface area (Å²) in [5.41, 5.74) is 0.408. The van der Waals surface area contributed by atoms with Gasteiger partial charge in [0.05, 0.1) is 22.7 Å². The fourth-order valence-corrected chi connectivity index (χ4v) is 2.15. The van der Waals surface area contributed by atoms with Crippen molar-refractivity contribution < 1.29 is 14.8 Å². The lowest BCUT2D eigenvalue weighted by Gasteiger charge is -2.08. The van der Waals surface area contributed by atoms with E-state index in [-0.39, 0.29) is 28.4 Å². The zero-order chi connectivity index (χ0) is 14.7. The van der Waals surface area contributed by atoms with Crippen molar-refractivity contribution in [2.45, 2.75) is 6.54 Å². The van der Waals surface area contributed by atoms with Crippen molar-refractivity contribution in [1.82, 2.24) is 4.98 Å². The number of nitro groups is 1. The summed E-state index contributed by atoms with van der Waals surface area (Å²) in [5, 5.41) is 24.1. The first-order chi connectivity index (χ1) is 9.47. The van der Waals surface area contributed by atoms with Crippen LogP contribution in [0.4, 0.5) is 11.4 Å². The Labute approximate surface area is 115 Å². The molecule has 1 aromatic heterocycles. The van der Waals surface area contributed by atoms with Crippen LogP contribution in [0.1, 0.15) is 16.1 Å². The van der Waals surface area contributed by atoms with Gasteiger partial charge in [-0.1, -0.05) is 11.3 Å². The molecule has 8 nitrogen and oxygen atoms in total. The number of benzene rings is 1. The number of hydrogen-bond donors (Lipinski definition) is 3.